The molecule has 0 aromatic heterocycles. The first kappa shape index (κ1) is 18.4. The molecular formula is C19H29NO2. The SMILES string of the molecule is CCCCCCCCCCC(=O)CC(=O)Nc1ccccc1. The second kappa shape index (κ2) is 12.0. The van der Waals surface area contributed by atoms with Gasteiger partial charge in [-0.05, 0) is 18.6 Å². The van der Waals surface area contributed by atoms with Crippen molar-refractivity contribution in [3.8, 4) is 0 Å². The molecule has 0 heterocycles. The molecule has 0 spiro atoms. The van der Waals surface area contributed by atoms with Crippen LogP contribution in [-0.2, 0) is 9.59 Å². The minimum Gasteiger partial charge on any atom is -0.326 e. The smallest absolute Gasteiger partial charge is 0.231 e. The number of para-hydroxylation sites is 1. The Bertz CT molecular complexity index is 428. The molecule has 0 atom stereocenters. The molecule has 1 amide bonds. The maximum Gasteiger partial charge on any atom is 0.231 e. The van der Waals surface area contributed by atoms with Gasteiger partial charge < -0.3 is 5.32 Å². The van der Waals surface area contributed by atoms with E-state index >= 15 is 0 Å². The molecule has 0 aliphatic heterocycles. The lowest BCUT2D eigenvalue weighted by Gasteiger charge is -2.04. The van der Waals surface area contributed by atoms with Gasteiger partial charge in [-0.25, -0.2) is 0 Å². The molecule has 0 aliphatic carbocycles. The van der Waals surface area contributed by atoms with Gasteiger partial charge in [0.15, 0.2) is 0 Å². The van der Waals surface area contributed by atoms with Gasteiger partial charge in [0.2, 0.25) is 5.91 Å². The average molecular weight is 303 g/mol. The zero-order chi connectivity index (χ0) is 16.0. The highest BCUT2D eigenvalue weighted by Crippen LogP contribution is 2.11. The molecule has 22 heavy (non-hydrogen) atoms. The van der Waals surface area contributed by atoms with Crippen LogP contribution in [0.5, 0.6) is 0 Å². The van der Waals surface area contributed by atoms with E-state index in [1.165, 1.54) is 38.5 Å². The number of ketones is 1. The number of carbonyl (C=O) groups excluding carboxylic acids is 2. The van der Waals surface area contributed by atoms with Crippen molar-refractivity contribution in [3.05, 3.63) is 30.3 Å². The first-order chi connectivity index (χ1) is 10.7. The van der Waals surface area contributed by atoms with Gasteiger partial charge in [-0.3, -0.25) is 9.59 Å². The predicted octanol–water partition coefficient (Wildman–Crippen LogP) is 5.12. The first-order valence-electron chi connectivity index (χ1n) is 8.59. The lowest BCUT2D eigenvalue weighted by atomic mass is 10.1. The number of benzene rings is 1. The van der Waals surface area contributed by atoms with Crippen molar-refractivity contribution in [1.82, 2.24) is 0 Å². The van der Waals surface area contributed by atoms with E-state index in [0.29, 0.717) is 6.42 Å². The van der Waals surface area contributed by atoms with Gasteiger partial charge in [-0.1, -0.05) is 70.1 Å². The van der Waals surface area contributed by atoms with Crippen LogP contribution < -0.4 is 5.32 Å². The highest BCUT2D eigenvalue weighted by Gasteiger charge is 2.09. The van der Waals surface area contributed by atoms with E-state index in [-0.39, 0.29) is 18.1 Å². The summed E-state index contributed by atoms with van der Waals surface area (Å²) in [7, 11) is 0. The summed E-state index contributed by atoms with van der Waals surface area (Å²) in [4.78, 5) is 23.5. The number of Topliss-reactive ketones (excluding diaryl/α,β-unsaturated/α-hetero) is 1. The van der Waals surface area contributed by atoms with E-state index in [2.05, 4.69) is 12.2 Å². The van der Waals surface area contributed by atoms with E-state index in [1.54, 1.807) is 0 Å². The third-order valence-electron chi connectivity index (χ3n) is 3.72. The van der Waals surface area contributed by atoms with Crippen molar-refractivity contribution in [1.29, 1.82) is 0 Å². The average Bonchev–Trinajstić information content (AvgIpc) is 2.50. The normalized spacial score (nSPS) is 10.4. The molecular weight excluding hydrogens is 274 g/mol. The summed E-state index contributed by atoms with van der Waals surface area (Å²) >= 11 is 0. The van der Waals surface area contributed by atoms with Crippen molar-refractivity contribution >= 4 is 17.4 Å². The molecule has 3 nitrogen and oxygen atoms in total. The van der Waals surface area contributed by atoms with Gasteiger partial charge in [0.05, 0.1) is 6.42 Å². The molecule has 122 valence electrons. The second-order valence-electron chi connectivity index (χ2n) is 5.85. The monoisotopic (exact) mass is 303 g/mol. The number of carbonyl (C=O) groups is 2. The second-order valence-corrected chi connectivity index (χ2v) is 5.85. The van der Waals surface area contributed by atoms with Crippen LogP contribution in [0.4, 0.5) is 5.69 Å². The maximum atomic E-state index is 11.8. The molecule has 0 bridgehead atoms. The molecule has 0 unspecified atom stereocenters. The van der Waals surface area contributed by atoms with Gasteiger partial charge in [0.1, 0.15) is 5.78 Å². The van der Waals surface area contributed by atoms with Gasteiger partial charge in [0.25, 0.3) is 0 Å². The van der Waals surface area contributed by atoms with Crippen molar-refractivity contribution in [3.63, 3.8) is 0 Å². The minimum atomic E-state index is -0.212. The third kappa shape index (κ3) is 9.32. The van der Waals surface area contributed by atoms with E-state index in [0.717, 1.165) is 18.5 Å². The van der Waals surface area contributed by atoms with Gasteiger partial charge in [-0.15, -0.1) is 0 Å². The zero-order valence-electron chi connectivity index (χ0n) is 13.8. The van der Waals surface area contributed by atoms with Crippen LogP contribution in [0.25, 0.3) is 0 Å². The van der Waals surface area contributed by atoms with Crippen molar-refractivity contribution in [2.75, 3.05) is 5.32 Å². The molecule has 0 saturated heterocycles. The summed E-state index contributed by atoms with van der Waals surface area (Å²) in [5, 5.41) is 2.74. The number of nitrogens with one attached hydrogen (secondary N) is 1. The lowest BCUT2D eigenvalue weighted by Crippen LogP contribution is -2.16. The number of amides is 1. The quantitative estimate of drug-likeness (QED) is 0.430. The van der Waals surface area contributed by atoms with Crippen LogP contribution in [0.2, 0.25) is 0 Å². The molecule has 1 aromatic rings. The van der Waals surface area contributed by atoms with Gasteiger partial charge in [0, 0.05) is 12.1 Å². The fourth-order valence-electron chi connectivity index (χ4n) is 2.45. The van der Waals surface area contributed by atoms with E-state index in [4.69, 9.17) is 0 Å². The molecule has 1 aromatic carbocycles. The van der Waals surface area contributed by atoms with Crippen LogP contribution in [0.15, 0.2) is 30.3 Å². The summed E-state index contributed by atoms with van der Waals surface area (Å²) in [6, 6.07) is 9.25. The molecule has 1 rings (SSSR count). The van der Waals surface area contributed by atoms with Crippen LogP contribution in [-0.4, -0.2) is 11.7 Å². The third-order valence-corrected chi connectivity index (χ3v) is 3.72. The molecule has 3 heteroatoms. The van der Waals surface area contributed by atoms with Crippen LogP contribution in [0, 0.1) is 0 Å². The largest absolute Gasteiger partial charge is 0.326 e. The Kier molecular flexibility index (Phi) is 10.0. The molecule has 0 fully saturated rings. The molecule has 0 aliphatic rings. The fourth-order valence-corrected chi connectivity index (χ4v) is 2.45. The lowest BCUT2D eigenvalue weighted by molar-refractivity contribution is -0.125. The van der Waals surface area contributed by atoms with Crippen LogP contribution >= 0.6 is 0 Å². The molecule has 0 radical (unpaired) electrons. The number of unbranched alkanes of at least 4 members (excludes halogenated alkanes) is 7. The summed E-state index contributed by atoms with van der Waals surface area (Å²) in [5.41, 5.74) is 0.743. The summed E-state index contributed by atoms with van der Waals surface area (Å²) in [6.45, 7) is 2.22. The number of hydrogen-bond donors (Lipinski definition) is 1. The Labute approximate surface area is 134 Å². The Morgan fingerprint density at radius 2 is 1.45 bits per heavy atom. The zero-order valence-corrected chi connectivity index (χ0v) is 13.8. The Hall–Kier alpha value is -1.64. The number of rotatable bonds is 12. The predicted molar refractivity (Wildman–Crippen MR) is 91.9 cm³/mol. The Morgan fingerprint density at radius 3 is 2.09 bits per heavy atom. The highest BCUT2D eigenvalue weighted by atomic mass is 16.2. The number of anilines is 1. The van der Waals surface area contributed by atoms with Crippen LogP contribution in [0.1, 0.15) is 71.1 Å². The topological polar surface area (TPSA) is 46.2 Å². The van der Waals surface area contributed by atoms with Crippen molar-refractivity contribution < 1.29 is 9.59 Å². The highest BCUT2D eigenvalue weighted by molar-refractivity contribution is 6.04. The van der Waals surface area contributed by atoms with E-state index in [1.807, 2.05) is 30.3 Å². The van der Waals surface area contributed by atoms with Crippen molar-refractivity contribution in [2.24, 2.45) is 0 Å². The summed E-state index contributed by atoms with van der Waals surface area (Å²) in [5.74, 6) is -0.171. The Morgan fingerprint density at radius 1 is 0.864 bits per heavy atom. The standard InChI is InChI=1S/C19H29NO2/c1-2-3-4-5-6-7-8-12-15-18(21)16-19(22)20-17-13-10-9-11-14-17/h9-11,13-14H,2-8,12,15-16H2,1H3,(H,20,22). The fraction of sp³-hybridized carbons (Fsp3) is 0.579. The summed E-state index contributed by atoms with van der Waals surface area (Å²) in [6.07, 6.45) is 10.2. The minimum absolute atomic E-state index is 0.00854. The molecule has 1 N–H and O–H groups in total. The number of hydrogen-bond acceptors (Lipinski definition) is 2. The van der Waals surface area contributed by atoms with E-state index < -0.39 is 0 Å². The maximum absolute atomic E-state index is 11.8. The first-order valence-corrected chi connectivity index (χ1v) is 8.59. The van der Waals surface area contributed by atoms with Gasteiger partial charge in [-0.2, -0.15) is 0 Å². The van der Waals surface area contributed by atoms with Gasteiger partial charge >= 0.3 is 0 Å². The van der Waals surface area contributed by atoms with Crippen LogP contribution in [0.3, 0.4) is 0 Å². The van der Waals surface area contributed by atoms with E-state index in [9.17, 15) is 9.59 Å². The Balaban J connectivity index is 2.02. The summed E-state index contributed by atoms with van der Waals surface area (Å²) < 4.78 is 0. The molecule has 0 saturated carbocycles. The van der Waals surface area contributed by atoms with Crippen molar-refractivity contribution in [2.45, 2.75) is 71.1 Å².